The van der Waals surface area contributed by atoms with Crippen molar-refractivity contribution in [3.8, 4) is 17.0 Å². The minimum atomic E-state index is -0.770. The van der Waals surface area contributed by atoms with Gasteiger partial charge in [-0.05, 0) is 29.7 Å². The second-order valence-corrected chi connectivity index (χ2v) is 8.21. The monoisotopic (exact) mass is 459 g/mol. The number of hydrogen-bond acceptors (Lipinski definition) is 7. The summed E-state index contributed by atoms with van der Waals surface area (Å²) >= 11 is 0. The summed E-state index contributed by atoms with van der Waals surface area (Å²) in [6, 6.07) is 15.5. The van der Waals surface area contributed by atoms with E-state index in [4.69, 9.17) is 9.15 Å². The lowest BCUT2D eigenvalue weighted by Crippen LogP contribution is -2.41. The number of alkyl carbamates (subject to hydrolysis) is 1. The Morgan fingerprint density at radius 1 is 1.21 bits per heavy atom. The van der Waals surface area contributed by atoms with Gasteiger partial charge in [-0.2, -0.15) is 0 Å². The van der Waals surface area contributed by atoms with Gasteiger partial charge in [-0.3, -0.25) is 0 Å². The molecule has 1 aliphatic rings. The fraction of sp³-hybridized carbons (Fsp3) is 0.240. The van der Waals surface area contributed by atoms with Crippen molar-refractivity contribution in [3.63, 3.8) is 0 Å². The normalized spacial score (nSPS) is 19.7. The second kappa shape index (κ2) is 9.90. The Kier molecular flexibility index (Phi) is 6.37. The van der Waals surface area contributed by atoms with E-state index in [1.54, 1.807) is 18.7 Å². The van der Waals surface area contributed by atoms with Crippen molar-refractivity contribution >= 4 is 6.09 Å². The van der Waals surface area contributed by atoms with Crippen molar-refractivity contribution < 1.29 is 19.1 Å². The number of aromatic nitrogens is 3. The van der Waals surface area contributed by atoms with Crippen LogP contribution < -0.4 is 10.6 Å². The number of imidazole rings is 1. The highest BCUT2D eigenvalue weighted by molar-refractivity contribution is 5.67. The van der Waals surface area contributed by atoms with E-state index in [0.29, 0.717) is 25.3 Å². The first kappa shape index (κ1) is 21.9. The first-order valence-electron chi connectivity index (χ1n) is 11.1. The highest BCUT2D eigenvalue weighted by atomic mass is 16.6. The highest BCUT2D eigenvalue weighted by Gasteiger charge is 2.37. The van der Waals surface area contributed by atoms with E-state index in [1.165, 1.54) is 6.39 Å². The molecule has 9 nitrogen and oxygen atoms in total. The number of aliphatic hydroxyl groups excluding tert-OH is 1. The SMILES string of the molecule is O=C(NCc1cccc(-n2ccnc2)c1)O[C@@H]1[C@@H](O)CN[C@@H]1Cc1ccc(-c2cnco2)cc1. The maximum atomic E-state index is 12.5. The molecule has 4 aromatic rings. The van der Waals surface area contributed by atoms with Crippen LogP contribution in [0.25, 0.3) is 17.0 Å². The molecule has 1 aliphatic heterocycles. The molecule has 0 saturated carbocycles. The Morgan fingerprint density at radius 2 is 2.09 bits per heavy atom. The number of nitrogens with one attached hydrogen (secondary N) is 2. The Labute approximate surface area is 196 Å². The molecule has 3 N–H and O–H groups in total. The number of nitrogens with zero attached hydrogens (tertiary/aromatic N) is 3. The third-order valence-corrected chi connectivity index (χ3v) is 5.88. The van der Waals surface area contributed by atoms with Crippen LogP contribution >= 0.6 is 0 Å². The summed E-state index contributed by atoms with van der Waals surface area (Å²) in [4.78, 5) is 20.5. The Bertz CT molecular complexity index is 1210. The number of ether oxygens (including phenoxy) is 1. The largest absolute Gasteiger partial charge is 0.444 e. The van der Waals surface area contributed by atoms with Gasteiger partial charge >= 0.3 is 6.09 Å². The Balaban J connectivity index is 1.17. The quantitative estimate of drug-likeness (QED) is 0.389. The van der Waals surface area contributed by atoms with Gasteiger partial charge in [0, 0.05) is 36.7 Å². The lowest BCUT2D eigenvalue weighted by atomic mass is 10.00. The van der Waals surface area contributed by atoms with Gasteiger partial charge in [0.2, 0.25) is 0 Å². The number of carbonyl (C=O) groups excluding carboxylic acids is 1. The first-order chi connectivity index (χ1) is 16.7. The summed E-state index contributed by atoms with van der Waals surface area (Å²) < 4.78 is 12.8. The van der Waals surface area contributed by atoms with Crippen LogP contribution in [0.3, 0.4) is 0 Å². The van der Waals surface area contributed by atoms with E-state index in [0.717, 1.165) is 22.4 Å². The van der Waals surface area contributed by atoms with Gasteiger partial charge in [0.25, 0.3) is 0 Å². The van der Waals surface area contributed by atoms with Crippen LogP contribution in [0, 0.1) is 0 Å². The van der Waals surface area contributed by atoms with Gasteiger partial charge in [-0.15, -0.1) is 0 Å². The van der Waals surface area contributed by atoms with Crippen molar-refractivity contribution in [2.45, 2.75) is 31.2 Å². The number of β-amino-alcohol motifs (C(OH)–C–C–N with tert-alkyl or cyclic N) is 1. The number of hydrogen-bond donors (Lipinski definition) is 3. The van der Waals surface area contributed by atoms with Crippen LogP contribution in [0.5, 0.6) is 0 Å². The lowest BCUT2D eigenvalue weighted by molar-refractivity contribution is 0.0188. The molecular weight excluding hydrogens is 434 g/mol. The van der Waals surface area contributed by atoms with Crippen LogP contribution in [-0.2, 0) is 17.7 Å². The average molecular weight is 460 g/mol. The Hall–Kier alpha value is -3.95. The van der Waals surface area contributed by atoms with Gasteiger partial charge < -0.3 is 29.5 Å². The molecule has 0 unspecified atom stereocenters. The second-order valence-electron chi connectivity index (χ2n) is 8.21. The van der Waals surface area contributed by atoms with Crippen LogP contribution in [0.15, 0.2) is 84.3 Å². The van der Waals surface area contributed by atoms with E-state index < -0.39 is 18.3 Å². The summed E-state index contributed by atoms with van der Waals surface area (Å²) in [5.41, 5.74) is 3.87. The number of carbonyl (C=O) groups is 1. The molecule has 1 amide bonds. The molecule has 1 saturated heterocycles. The summed E-state index contributed by atoms with van der Waals surface area (Å²) in [7, 11) is 0. The molecular formula is C25H25N5O4. The maximum absolute atomic E-state index is 12.5. The molecule has 3 atom stereocenters. The van der Waals surface area contributed by atoms with E-state index in [9.17, 15) is 9.90 Å². The minimum Gasteiger partial charge on any atom is -0.444 e. The number of oxazole rings is 1. The van der Waals surface area contributed by atoms with Gasteiger partial charge in [0.1, 0.15) is 12.2 Å². The summed E-state index contributed by atoms with van der Waals surface area (Å²) in [6.07, 6.45) is 6.99. The summed E-state index contributed by atoms with van der Waals surface area (Å²) in [5, 5.41) is 16.4. The molecule has 0 radical (unpaired) electrons. The fourth-order valence-electron chi connectivity index (χ4n) is 4.12. The van der Waals surface area contributed by atoms with Crippen LogP contribution in [0.1, 0.15) is 11.1 Å². The highest BCUT2D eigenvalue weighted by Crippen LogP contribution is 2.22. The summed E-state index contributed by atoms with van der Waals surface area (Å²) in [6.45, 7) is 0.678. The molecule has 5 rings (SSSR count). The molecule has 174 valence electrons. The van der Waals surface area contributed by atoms with E-state index in [1.807, 2.05) is 59.3 Å². The topological polar surface area (TPSA) is 114 Å². The van der Waals surface area contributed by atoms with Crippen molar-refractivity contribution in [1.82, 2.24) is 25.2 Å². The van der Waals surface area contributed by atoms with Gasteiger partial charge in [-0.1, -0.05) is 36.4 Å². The summed E-state index contributed by atoms with van der Waals surface area (Å²) in [5.74, 6) is 0.703. The minimum absolute atomic E-state index is 0.193. The molecule has 2 aromatic heterocycles. The van der Waals surface area contributed by atoms with Crippen molar-refractivity contribution in [1.29, 1.82) is 0 Å². The van der Waals surface area contributed by atoms with Crippen molar-refractivity contribution in [2.75, 3.05) is 6.54 Å². The van der Waals surface area contributed by atoms with Crippen LogP contribution in [-0.4, -0.2) is 50.5 Å². The van der Waals surface area contributed by atoms with Crippen LogP contribution in [0.4, 0.5) is 4.79 Å². The maximum Gasteiger partial charge on any atom is 0.407 e. The fourth-order valence-corrected chi connectivity index (χ4v) is 4.12. The van der Waals surface area contributed by atoms with E-state index in [-0.39, 0.29) is 6.04 Å². The zero-order valence-corrected chi connectivity index (χ0v) is 18.4. The van der Waals surface area contributed by atoms with Crippen molar-refractivity contribution in [3.05, 3.63) is 91.0 Å². The first-order valence-corrected chi connectivity index (χ1v) is 11.1. The molecule has 3 heterocycles. The number of rotatable bonds is 7. The van der Waals surface area contributed by atoms with E-state index >= 15 is 0 Å². The third-order valence-electron chi connectivity index (χ3n) is 5.88. The van der Waals surface area contributed by atoms with Gasteiger partial charge in [-0.25, -0.2) is 14.8 Å². The number of aliphatic hydroxyl groups is 1. The molecule has 0 aliphatic carbocycles. The number of amides is 1. The molecule has 0 bridgehead atoms. The standard InChI is InChI=1S/C25H25N5O4/c31-22-13-28-21(11-17-4-6-19(7-5-17)23-14-27-16-33-23)24(22)34-25(32)29-12-18-2-1-3-20(10-18)30-9-8-26-15-30/h1-10,14-16,21-22,24,28,31H,11-13H2,(H,29,32)/t21-,22+,24+/m1/s1. The molecule has 2 aromatic carbocycles. The van der Waals surface area contributed by atoms with E-state index in [2.05, 4.69) is 20.6 Å². The Morgan fingerprint density at radius 3 is 2.85 bits per heavy atom. The average Bonchev–Trinajstić information content (AvgIpc) is 3.64. The smallest absolute Gasteiger partial charge is 0.407 e. The molecule has 34 heavy (non-hydrogen) atoms. The van der Waals surface area contributed by atoms with Crippen LogP contribution in [0.2, 0.25) is 0 Å². The molecule has 0 spiro atoms. The number of benzene rings is 2. The van der Waals surface area contributed by atoms with Gasteiger partial charge in [0.15, 0.2) is 12.2 Å². The molecule has 9 heteroatoms. The van der Waals surface area contributed by atoms with Crippen molar-refractivity contribution in [2.24, 2.45) is 0 Å². The zero-order chi connectivity index (χ0) is 23.3. The predicted octanol–water partition coefficient (Wildman–Crippen LogP) is 2.70. The predicted molar refractivity (Wildman–Crippen MR) is 124 cm³/mol. The van der Waals surface area contributed by atoms with Gasteiger partial charge in [0.05, 0.1) is 18.6 Å². The third kappa shape index (κ3) is 5.00. The molecule has 1 fully saturated rings. The zero-order valence-electron chi connectivity index (χ0n) is 18.4. The lowest BCUT2D eigenvalue weighted by Gasteiger charge is -2.22.